The van der Waals surface area contributed by atoms with Crippen LogP contribution in [0, 0.1) is 0 Å². The zero-order chi connectivity index (χ0) is 20.9. The highest BCUT2D eigenvalue weighted by Crippen LogP contribution is 2.22. The fraction of sp³-hybridized carbons (Fsp3) is 0.500. The summed E-state index contributed by atoms with van der Waals surface area (Å²) in [6, 6.07) is 12.7. The van der Waals surface area contributed by atoms with Crippen LogP contribution in [0.5, 0.6) is 0 Å². The highest BCUT2D eigenvalue weighted by molar-refractivity contribution is 5.76. The fourth-order valence-corrected chi connectivity index (χ4v) is 3.46. The number of piperazine rings is 1. The Hall–Kier alpha value is -2.40. The number of carbonyl (C=O) groups is 1. The molecule has 0 radical (unpaired) electrons. The average Bonchev–Trinajstić information content (AvgIpc) is 2.71. The number of aryl methyl sites for hydroxylation is 1. The minimum absolute atomic E-state index is 0.0769. The molecule has 1 N–H and O–H groups in total. The molecule has 1 aromatic carbocycles. The predicted octanol–water partition coefficient (Wildman–Crippen LogP) is 3.38. The molecule has 5 heteroatoms. The molecule has 2 aromatic rings. The lowest BCUT2D eigenvalue weighted by Gasteiger charge is -2.33. The largest absolute Gasteiger partial charge is 0.354 e. The molecule has 1 amide bonds. The van der Waals surface area contributed by atoms with Crippen LogP contribution in [0.2, 0.25) is 0 Å². The van der Waals surface area contributed by atoms with Crippen molar-refractivity contribution in [2.75, 3.05) is 38.1 Å². The van der Waals surface area contributed by atoms with Crippen LogP contribution in [0.15, 0.2) is 42.6 Å². The summed E-state index contributed by atoms with van der Waals surface area (Å²) in [4.78, 5) is 21.4. The van der Waals surface area contributed by atoms with Crippen LogP contribution in [-0.2, 0) is 23.2 Å². The molecule has 0 atom stereocenters. The summed E-state index contributed by atoms with van der Waals surface area (Å²) in [6.07, 6.45) is 3.14. The van der Waals surface area contributed by atoms with Crippen molar-refractivity contribution in [1.29, 1.82) is 0 Å². The van der Waals surface area contributed by atoms with Gasteiger partial charge in [0.05, 0.1) is 0 Å². The summed E-state index contributed by atoms with van der Waals surface area (Å²) < 4.78 is 0. The van der Waals surface area contributed by atoms with Crippen molar-refractivity contribution in [1.82, 2.24) is 15.2 Å². The molecule has 29 heavy (non-hydrogen) atoms. The van der Waals surface area contributed by atoms with Gasteiger partial charge in [-0.3, -0.25) is 4.79 Å². The Balaban J connectivity index is 1.42. The Bertz CT molecular complexity index is 785. The number of nitrogens with one attached hydrogen (secondary N) is 1. The highest BCUT2D eigenvalue weighted by atomic mass is 16.1. The molecule has 156 valence electrons. The molecular weight excluding hydrogens is 360 g/mol. The van der Waals surface area contributed by atoms with E-state index in [0.717, 1.165) is 44.0 Å². The molecule has 5 nitrogen and oxygen atoms in total. The predicted molar refractivity (Wildman–Crippen MR) is 119 cm³/mol. The van der Waals surface area contributed by atoms with Gasteiger partial charge >= 0.3 is 0 Å². The fourth-order valence-electron chi connectivity index (χ4n) is 3.46. The van der Waals surface area contributed by atoms with Gasteiger partial charge in [0, 0.05) is 45.3 Å². The van der Waals surface area contributed by atoms with Crippen molar-refractivity contribution in [3.63, 3.8) is 0 Å². The molecule has 1 aliphatic rings. The van der Waals surface area contributed by atoms with Gasteiger partial charge in [-0.2, -0.15) is 0 Å². The first kappa shape index (κ1) is 21.3. The number of likely N-dealkylation sites (N-methyl/N-ethyl adjacent to an activating group) is 1. The van der Waals surface area contributed by atoms with Crippen molar-refractivity contribution >= 4 is 11.7 Å². The lowest BCUT2D eigenvalue weighted by Crippen LogP contribution is -2.44. The smallest absolute Gasteiger partial charge is 0.220 e. The molecular formula is C24H34N4O. The molecule has 0 unspecified atom stereocenters. The van der Waals surface area contributed by atoms with Gasteiger partial charge in [0.1, 0.15) is 5.82 Å². The third kappa shape index (κ3) is 6.29. The molecule has 1 fully saturated rings. The van der Waals surface area contributed by atoms with E-state index in [0.29, 0.717) is 13.0 Å². The summed E-state index contributed by atoms with van der Waals surface area (Å²) in [5.74, 6) is 1.10. The van der Waals surface area contributed by atoms with E-state index in [9.17, 15) is 4.79 Å². The quantitative estimate of drug-likeness (QED) is 0.816. The lowest BCUT2D eigenvalue weighted by molar-refractivity contribution is -0.121. The van der Waals surface area contributed by atoms with E-state index in [-0.39, 0.29) is 11.3 Å². The monoisotopic (exact) mass is 394 g/mol. The van der Waals surface area contributed by atoms with Crippen LogP contribution in [0.1, 0.15) is 43.9 Å². The third-order valence-corrected chi connectivity index (χ3v) is 5.59. The Morgan fingerprint density at radius 3 is 2.24 bits per heavy atom. The third-order valence-electron chi connectivity index (χ3n) is 5.59. The van der Waals surface area contributed by atoms with E-state index in [1.54, 1.807) is 0 Å². The normalized spacial score (nSPS) is 15.4. The van der Waals surface area contributed by atoms with Crippen LogP contribution in [-0.4, -0.2) is 49.0 Å². The van der Waals surface area contributed by atoms with Crippen LogP contribution in [0.4, 0.5) is 5.82 Å². The number of aromatic nitrogens is 1. The summed E-state index contributed by atoms with van der Waals surface area (Å²) in [5, 5.41) is 3.01. The number of pyridine rings is 1. The van der Waals surface area contributed by atoms with E-state index < -0.39 is 0 Å². The van der Waals surface area contributed by atoms with E-state index >= 15 is 0 Å². The second kappa shape index (κ2) is 9.40. The molecule has 0 saturated carbocycles. The topological polar surface area (TPSA) is 48.5 Å². The maximum absolute atomic E-state index is 12.2. The molecule has 2 heterocycles. The average molecular weight is 395 g/mol. The Labute approximate surface area is 175 Å². The Morgan fingerprint density at radius 1 is 1.00 bits per heavy atom. The zero-order valence-corrected chi connectivity index (χ0v) is 18.2. The number of benzene rings is 1. The molecule has 3 rings (SSSR count). The number of hydrogen-bond acceptors (Lipinski definition) is 4. The van der Waals surface area contributed by atoms with E-state index in [4.69, 9.17) is 0 Å². The maximum atomic E-state index is 12.2. The summed E-state index contributed by atoms with van der Waals surface area (Å²) >= 11 is 0. The molecule has 1 aromatic heterocycles. The second-order valence-corrected chi connectivity index (χ2v) is 9.04. The SMILES string of the molecule is CN1CCN(c2ccc(CNC(=O)CCc3ccc(C(C)(C)C)cc3)cn2)CC1. The first-order valence-corrected chi connectivity index (χ1v) is 10.6. The minimum Gasteiger partial charge on any atom is -0.354 e. The maximum Gasteiger partial charge on any atom is 0.220 e. The van der Waals surface area contributed by atoms with Gasteiger partial charge in [0.15, 0.2) is 0 Å². The summed E-state index contributed by atoms with van der Waals surface area (Å²) in [7, 11) is 2.15. The number of rotatable bonds is 6. The van der Waals surface area contributed by atoms with E-state index in [1.165, 1.54) is 11.1 Å². The van der Waals surface area contributed by atoms with E-state index in [1.807, 2.05) is 6.20 Å². The van der Waals surface area contributed by atoms with Crippen molar-refractivity contribution in [3.8, 4) is 0 Å². The van der Waals surface area contributed by atoms with Crippen molar-refractivity contribution in [2.45, 2.75) is 45.6 Å². The molecule has 1 saturated heterocycles. The van der Waals surface area contributed by atoms with Crippen LogP contribution in [0.3, 0.4) is 0 Å². The number of carbonyl (C=O) groups excluding carboxylic acids is 1. The van der Waals surface area contributed by atoms with Gasteiger partial charge < -0.3 is 15.1 Å². The Morgan fingerprint density at radius 2 is 1.66 bits per heavy atom. The van der Waals surface area contributed by atoms with Gasteiger partial charge in [0.25, 0.3) is 0 Å². The van der Waals surface area contributed by atoms with Gasteiger partial charge in [-0.1, -0.05) is 51.1 Å². The molecule has 0 bridgehead atoms. The van der Waals surface area contributed by atoms with Gasteiger partial charge in [-0.15, -0.1) is 0 Å². The van der Waals surface area contributed by atoms with Gasteiger partial charge in [-0.25, -0.2) is 4.98 Å². The molecule has 1 aliphatic heterocycles. The number of anilines is 1. The van der Waals surface area contributed by atoms with Crippen molar-refractivity contribution < 1.29 is 4.79 Å². The summed E-state index contributed by atoms with van der Waals surface area (Å²) in [6.45, 7) is 11.3. The minimum atomic E-state index is 0.0769. The highest BCUT2D eigenvalue weighted by Gasteiger charge is 2.15. The summed E-state index contributed by atoms with van der Waals surface area (Å²) in [5.41, 5.74) is 3.71. The Kier molecular flexibility index (Phi) is 6.91. The first-order chi connectivity index (χ1) is 13.8. The first-order valence-electron chi connectivity index (χ1n) is 10.6. The van der Waals surface area contributed by atoms with Crippen LogP contribution >= 0.6 is 0 Å². The van der Waals surface area contributed by atoms with Crippen LogP contribution < -0.4 is 10.2 Å². The van der Waals surface area contributed by atoms with Crippen molar-refractivity contribution in [3.05, 3.63) is 59.3 Å². The van der Waals surface area contributed by atoms with Gasteiger partial charge in [0.2, 0.25) is 5.91 Å². The van der Waals surface area contributed by atoms with E-state index in [2.05, 4.69) is 84.3 Å². The molecule has 0 aliphatic carbocycles. The lowest BCUT2D eigenvalue weighted by atomic mass is 9.86. The van der Waals surface area contributed by atoms with Crippen LogP contribution in [0.25, 0.3) is 0 Å². The number of nitrogens with zero attached hydrogens (tertiary/aromatic N) is 3. The van der Waals surface area contributed by atoms with Crippen molar-refractivity contribution in [2.24, 2.45) is 0 Å². The second-order valence-electron chi connectivity index (χ2n) is 9.04. The number of amides is 1. The standard InChI is InChI=1S/C24H34N4O/c1-24(2,3)21-9-5-19(6-10-21)8-12-23(29)26-18-20-7-11-22(25-17-20)28-15-13-27(4)14-16-28/h5-7,9-11,17H,8,12-16,18H2,1-4H3,(H,26,29). The number of hydrogen-bond donors (Lipinski definition) is 1. The molecule has 0 spiro atoms. The zero-order valence-electron chi connectivity index (χ0n) is 18.2. The van der Waals surface area contributed by atoms with Gasteiger partial charge in [-0.05, 0) is 41.6 Å².